The molecule has 1 fully saturated rings. The second-order valence-corrected chi connectivity index (χ2v) is 5.28. The van der Waals surface area contributed by atoms with Crippen LogP contribution >= 0.6 is 11.3 Å². The number of nitrogens with one attached hydrogen (secondary N) is 1. The van der Waals surface area contributed by atoms with Gasteiger partial charge in [0.15, 0.2) is 0 Å². The lowest BCUT2D eigenvalue weighted by atomic mass is 9.94. The number of aliphatic hydroxyl groups is 1. The zero-order valence-corrected chi connectivity index (χ0v) is 10.4. The van der Waals surface area contributed by atoms with E-state index in [-0.39, 0.29) is 0 Å². The highest BCUT2D eigenvalue weighted by molar-refractivity contribution is 7.07. The highest BCUT2D eigenvalue weighted by Gasteiger charge is 2.29. The number of ether oxygens (including phenoxy) is 1. The van der Waals surface area contributed by atoms with E-state index in [2.05, 4.69) is 29.1 Å². The van der Waals surface area contributed by atoms with Crippen LogP contribution in [-0.4, -0.2) is 30.5 Å². The summed E-state index contributed by atoms with van der Waals surface area (Å²) >= 11 is 1.71. The van der Waals surface area contributed by atoms with Crippen LogP contribution in [0.4, 0.5) is 0 Å². The third kappa shape index (κ3) is 3.04. The molecule has 1 aliphatic rings. The molecule has 3 nitrogen and oxygen atoms in total. The van der Waals surface area contributed by atoms with Crippen LogP contribution < -0.4 is 5.32 Å². The van der Waals surface area contributed by atoms with E-state index in [1.165, 1.54) is 5.56 Å². The van der Waals surface area contributed by atoms with E-state index in [4.69, 9.17) is 4.74 Å². The van der Waals surface area contributed by atoms with Gasteiger partial charge >= 0.3 is 0 Å². The van der Waals surface area contributed by atoms with Gasteiger partial charge in [-0.15, -0.1) is 0 Å². The van der Waals surface area contributed by atoms with Gasteiger partial charge in [0, 0.05) is 38.6 Å². The Morgan fingerprint density at radius 1 is 1.56 bits per heavy atom. The zero-order chi connectivity index (χ0) is 11.4. The molecule has 0 spiro atoms. The van der Waals surface area contributed by atoms with E-state index < -0.39 is 5.60 Å². The van der Waals surface area contributed by atoms with E-state index in [1.54, 1.807) is 11.3 Å². The number of thiophene rings is 1. The Morgan fingerprint density at radius 3 is 2.94 bits per heavy atom. The first-order chi connectivity index (χ1) is 7.70. The molecule has 1 saturated heterocycles. The predicted octanol–water partition coefficient (Wildman–Crippen LogP) is 1.94. The van der Waals surface area contributed by atoms with Crippen LogP contribution in [0.3, 0.4) is 0 Å². The average Bonchev–Trinajstić information content (AvgIpc) is 2.80. The molecule has 1 aliphatic heterocycles. The molecule has 90 valence electrons. The van der Waals surface area contributed by atoms with E-state index in [0.717, 1.165) is 12.8 Å². The summed E-state index contributed by atoms with van der Waals surface area (Å²) in [6, 6.07) is 2.43. The van der Waals surface area contributed by atoms with Crippen molar-refractivity contribution in [1.29, 1.82) is 0 Å². The zero-order valence-electron chi connectivity index (χ0n) is 9.61. The van der Waals surface area contributed by atoms with Crippen molar-refractivity contribution in [2.45, 2.75) is 31.4 Å². The molecule has 1 atom stereocenters. The van der Waals surface area contributed by atoms with Gasteiger partial charge in [-0.05, 0) is 29.3 Å². The van der Waals surface area contributed by atoms with Gasteiger partial charge in [-0.2, -0.15) is 11.3 Å². The molecule has 0 aromatic carbocycles. The van der Waals surface area contributed by atoms with Gasteiger partial charge in [-0.1, -0.05) is 0 Å². The summed E-state index contributed by atoms with van der Waals surface area (Å²) in [4.78, 5) is 0. The third-order valence-electron chi connectivity index (χ3n) is 3.20. The molecule has 2 heterocycles. The Labute approximate surface area is 100 Å². The molecule has 0 radical (unpaired) electrons. The summed E-state index contributed by atoms with van der Waals surface area (Å²) in [5, 5.41) is 17.9. The van der Waals surface area contributed by atoms with Crippen molar-refractivity contribution in [3.8, 4) is 0 Å². The summed E-state index contributed by atoms with van der Waals surface area (Å²) < 4.78 is 5.26. The minimum Gasteiger partial charge on any atom is -0.388 e. The molecule has 0 bridgehead atoms. The van der Waals surface area contributed by atoms with Crippen LogP contribution in [0.5, 0.6) is 0 Å². The van der Waals surface area contributed by atoms with E-state index in [9.17, 15) is 5.11 Å². The van der Waals surface area contributed by atoms with Crippen LogP contribution in [0.15, 0.2) is 16.8 Å². The van der Waals surface area contributed by atoms with Crippen LogP contribution in [-0.2, 0) is 4.74 Å². The number of rotatable bonds is 4. The number of hydrogen-bond donors (Lipinski definition) is 2. The topological polar surface area (TPSA) is 41.5 Å². The minimum atomic E-state index is -0.581. The van der Waals surface area contributed by atoms with E-state index in [1.807, 2.05) is 0 Å². The Kier molecular flexibility index (Phi) is 3.97. The second kappa shape index (κ2) is 5.27. The summed E-state index contributed by atoms with van der Waals surface area (Å²) in [5.74, 6) is 0. The fourth-order valence-corrected chi connectivity index (χ4v) is 2.66. The molecular formula is C12H19NO2S. The minimum absolute atomic E-state index is 0.304. The molecule has 2 rings (SSSR count). The largest absolute Gasteiger partial charge is 0.388 e. The lowest BCUT2D eigenvalue weighted by Gasteiger charge is -2.33. The summed E-state index contributed by atoms with van der Waals surface area (Å²) in [5.41, 5.74) is 0.711. The molecule has 2 N–H and O–H groups in total. The van der Waals surface area contributed by atoms with Crippen molar-refractivity contribution in [3.05, 3.63) is 22.4 Å². The maximum absolute atomic E-state index is 10.3. The van der Waals surface area contributed by atoms with Gasteiger partial charge < -0.3 is 15.2 Å². The van der Waals surface area contributed by atoms with Crippen molar-refractivity contribution in [2.24, 2.45) is 0 Å². The molecule has 1 unspecified atom stereocenters. The Balaban J connectivity index is 1.82. The van der Waals surface area contributed by atoms with Crippen molar-refractivity contribution < 1.29 is 9.84 Å². The van der Waals surface area contributed by atoms with Crippen LogP contribution in [0.25, 0.3) is 0 Å². The Hall–Kier alpha value is -0.420. The molecule has 0 aliphatic carbocycles. The Morgan fingerprint density at radius 2 is 2.31 bits per heavy atom. The normalized spacial score (nSPS) is 21.9. The van der Waals surface area contributed by atoms with Crippen LogP contribution in [0, 0.1) is 0 Å². The summed E-state index contributed by atoms with van der Waals surface area (Å²) in [7, 11) is 0. The molecular weight excluding hydrogens is 222 g/mol. The van der Waals surface area contributed by atoms with Crippen molar-refractivity contribution in [2.75, 3.05) is 19.8 Å². The SMILES string of the molecule is CC(NCC1(O)CCOCC1)c1ccsc1. The first-order valence-corrected chi connectivity index (χ1v) is 6.69. The maximum atomic E-state index is 10.3. The first-order valence-electron chi connectivity index (χ1n) is 5.75. The van der Waals surface area contributed by atoms with Gasteiger partial charge in [0.1, 0.15) is 0 Å². The number of hydrogen-bond acceptors (Lipinski definition) is 4. The Bertz CT molecular complexity index is 307. The van der Waals surface area contributed by atoms with Crippen molar-refractivity contribution in [3.63, 3.8) is 0 Å². The molecule has 0 saturated carbocycles. The lowest BCUT2D eigenvalue weighted by Crippen LogP contribution is -2.45. The highest BCUT2D eigenvalue weighted by Crippen LogP contribution is 2.21. The predicted molar refractivity (Wildman–Crippen MR) is 65.7 cm³/mol. The average molecular weight is 241 g/mol. The van der Waals surface area contributed by atoms with Crippen molar-refractivity contribution in [1.82, 2.24) is 5.32 Å². The molecule has 1 aromatic heterocycles. The van der Waals surface area contributed by atoms with E-state index >= 15 is 0 Å². The van der Waals surface area contributed by atoms with Crippen LogP contribution in [0.2, 0.25) is 0 Å². The standard InChI is InChI=1S/C12H19NO2S/c1-10(11-2-7-16-8-11)13-9-12(14)3-5-15-6-4-12/h2,7-8,10,13-14H,3-6,9H2,1H3. The van der Waals surface area contributed by atoms with Gasteiger partial charge in [-0.3, -0.25) is 0 Å². The van der Waals surface area contributed by atoms with Gasteiger partial charge in [0.05, 0.1) is 5.60 Å². The highest BCUT2D eigenvalue weighted by atomic mass is 32.1. The quantitative estimate of drug-likeness (QED) is 0.846. The summed E-state index contributed by atoms with van der Waals surface area (Å²) in [6.07, 6.45) is 1.46. The molecule has 1 aromatic rings. The van der Waals surface area contributed by atoms with Crippen LogP contribution in [0.1, 0.15) is 31.4 Å². The molecule has 16 heavy (non-hydrogen) atoms. The van der Waals surface area contributed by atoms with Crippen molar-refractivity contribution >= 4 is 11.3 Å². The molecule has 4 heteroatoms. The molecule has 0 amide bonds. The van der Waals surface area contributed by atoms with E-state index in [0.29, 0.717) is 25.8 Å². The lowest BCUT2D eigenvalue weighted by molar-refractivity contribution is -0.0626. The van der Waals surface area contributed by atoms with Gasteiger partial charge in [-0.25, -0.2) is 0 Å². The fraction of sp³-hybridized carbons (Fsp3) is 0.667. The monoisotopic (exact) mass is 241 g/mol. The van der Waals surface area contributed by atoms with Gasteiger partial charge in [0.2, 0.25) is 0 Å². The third-order valence-corrected chi connectivity index (χ3v) is 3.91. The first kappa shape index (κ1) is 12.0. The maximum Gasteiger partial charge on any atom is 0.0815 e. The second-order valence-electron chi connectivity index (χ2n) is 4.50. The van der Waals surface area contributed by atoms with Gasteiger partial charge in [0.25, 0.3) is 0 Å². The summed E-state index contributed by atoms with van der Waals surface area (Å²) in [6.45, 7) is 4.12. The fourth-order valence-electron chi connectivity index (χ4n) is 1.91. The smallest absolute Gasteiger partial charge is 0.0815 e.